The molecule has 1 aliphatic rings. The number of sulfonamides is 1. The van der Waals surface area contributed by atoms with Gasteiger partial charge < -0.3 is 15.7 Å². The van der Waals surface area contributed by atoms with Crippen molar-refractivity contribution in [2.75, 3.05) is 17.7 Å². The molecule has 0 saturated carbocycles. The van der Waals surface area contributed by atoms with Crippen LogP contribution in [0.1, 0.15) is 11.1 Å². The minimum absolute atomic E-state index is 0.153. The molecular weight excluding hydrogens is 342 g/mol. The number of nitrogens with one attached hydrogen (secondary N) is 3. The van der Waals surface area contributed by atoms with E-state index in [2.05, 4.69) is 15.4 Å². The van der Waals surface area contributed by atoms with Crippen LogP contribution in [0.15, 0.2) is 53.6 Å². The minimum atomic E-state index is -3.49. The van der Waals surface area contributed by atoms with Gasteiger partial charge in [-0.25, -0.2) is 13.1 Å². The molecule has 2 aromatic carbocycles. The second-order valence-corrected chi connectivity index (χ2v) is 7.27. The van der Waals surface area contributed by atoms with Crippen molar-refractivity contribution in [3.05, 3.63) is 59.8 Å². The maximum Gasteiger partial charge on any atom is 0.257 e. The molecule has 0 aromatic heterocycles. The highest BCUT2D eigenvalue weighted by Gasteiger charge is 2.26. The summed E-state index contributed by atoms with van der Waals surface area (Å²) in [6, 6.07) is 11.4. The molecule has 7 nitrogen and oxygen atoms in total. The summed E-state index contributed by atoms with van der Waals surface area (Å²) in [7, 11) is -2.14. The zero-order valence-electron chi connectivity index (χ0n) is 13.4. The van der Waals surface area contributed by atoms with Crippen molar-refractivity contribution in [3.63, 3.8) is 0 Å². The van der Waals surface area contributed by atoms with E-state index in [4.69, 9.17) is 0 Å². The summed E-state index contributed by atoms with van der Waals surface area (Å²) >= 11 is 0. The van der Waals surface area contributed by atoms with Gasteiger partial charge in [0.25, 0.3) is 5.91 Å². The number of aliphatic hydroxyl groups excluding tert-OH is 1. The number of fused-ring (bicyclic) bond motifs is 1. The highest BCUT2D eigenvalue weighted by atomic mass is 32.2. The Morgan fingerprint density at radius 3 is 2.52 bits per heavy atom. The average Bonchev–Trinajstić information content (AvgIpc) is 2.95. The number of benzene rings is 2. The van der Waals surface area contributed by atoms with E-state index in [0.29, 0.717) is 28.1 Å². The summed E-state index contributed by atoms with van der Waals surface area (Å²) in [4.78, 5) is 12.3. The van der Waals surface area contributed by atoms with Gasteiger partial charge in [-0.2, -0.15) is 0 Å². The largest absolute Gasteiger partial charge is 0.392 e. The summed E-state index contributed by atoms with van der Waals surface area (Å²) in [5.74, 6) is -0.266. The highest BCUT2D eigenvalue weighted by Crippen LogP contribution is 2.34. The lowest BCUT2D eigenvalue weighted by Crippen LogP contribution is -2.18. The van der Waals surface area contributed by atoms with Gasteiger partial charge in [-0.15, -0.1) is 0 Å². The predicted octanol–water partition coefficient (Wildman–Crippen LogP) is 1.49. The average molecular weight is 359 g/mol. The Labute approximate surface area is 145 Å². The van der Waals surface area contributed by atoms with Crippen LogP contribution in [0.5, 0.6) is 0 Å². The second-order valence-electron chi connectivity index (χ2n) is 5.39. The second kappa shape index (κ2) is 6.67. The first-order valence-corrected chi connectivity index (χ1v) is 8.99. The van der Waals surface area contributed by atoms with Crippen LogP contribution in [0.2, 0.25) is 0 Å². The van der Waals surface area contributed by atoms with Crippen molar-refractivity contribution in [1.82, 2.24) is 4.72 Å². The molecule has 0 atom stereocenters. The van der Waals surface area contributed by atoms with Crippen molar-refractivity contribution in [1.29, 1.82) is 0 Å². The number of hydrogen-bond acceptors (Lipinski definition) is 5. The monoisotopic (exact) mass is 359 g/mol. The Morgan fingerprint density at radius 2 is 1.88 bits per heavy atom. The third kappa shape index (κ3) is 3.27. The summed E-state index contributed by atoms with van der Waals surface area (Å²) in [5, 5.41) is 15.2. The van der Waals surface area contributed by atoms with Gasteiger partial charge in [-0.3, -0.25) is 4.79 Å². The van der Waals surface area contributed by atoms with Crippen LogP contribution in [0.25, 0.3) is 5.57 Å². The summed E-state index contributed by atoms with van der Waals surface area (Å²) in [6.07, 6.45) is 1.54. The molecule has 2 aromatic rings. The van der Waals surface area contributed by atoms with Gasteiger partial charge in [0.2, 0.25) is 10.0 Å². The molecule has 0 fully saturated rings. The molecule has 1 heterocycles. The first kappa shape index (κ1) is 17.2. The molecule has 4 N–H and O–H groups in total. The molecule has 25 heavy (non-hydrogen) atoms. The maximum atomic E-state index is 12.2. The predicted molar refractivity (Wildman–Crippen MR) is 95.3 cm³/mol. The van der Waals surface area contributed by atoms with E-state index < -0.39 is 10.0 Å². The topological polar surface area (TPSA) is 108 Å². The Balaban J connectivity index is 1.88. The van der Waals surface area contributed by atoms with Gasteiger partial charge in [0.05, 0.1) is 17.1 Å². The first-order chi connectivity index (χ1) is 12.0. The Bertz CT molecular complexity index is 950. The van der Waals surface area contributed by atoms with E-state index >= 15 is 0 Å². The molecule has 0 radical (unpaired) electrons. The van der Waals surface area contributed by atoms with E-state index in [-0.39, 0.29) is 17.4 Å². The first-order valence-electron chi connectivity index (χ1n) is 7.51. The number of carbonyl (C=O) groups excluding carboxylic acids is 1. The van der Waals surface area contributed by atoms with E-state index in [1.807, 2.05) is 0 Å². The Morgan fingerprint density at radius 1 is 1.16 bits per heavy atom. The summed E-state index contributed by atoms with van der Waals surface area (Å²) < 4.78 is 25.7. The maximum absolute atomic E-state index is 12.2. The Kier molecular flexibility index (Phi) is 4.58. The van der Waals surface area contributed by atoms with Crippen molar-refractivity contribution >= 4 is 32.9 Å². The molecule has 3 rings (SSSR count). The molecule has 0 unspecified atom stereocenters. The third-order valence-electron chi connectivity index (χ3n) is 3.90. The van der Waals surface area contributed by atoms with Crippen LogP contribution in [0.4, 0.5) is 11.4 Å². The molecule has 0 bridgehead atoms. The zero-order valence-corrected chi connectivity index (χ0v) is 14.2. The Hall–Kier alpha value is -2.68. The smallest absolute Gasteiger partial charge is 0.257 e. The van der Waals surface area contributed by atoms with Crippen LogP contribution in [-0.2, 0) is 21.4 Å². The lowest BCUT2D eigenvalue weighted by Gasteiger charge is -2.07. The molecule has 0 aliphatic carbocycles. The van der Waals surface area contributed by atoms with Crippen molar-refractivity contribution < 1.29 is 18.3 Å². The normalized spacial score (nSPS) is 15.1. The zero-order chi connectivity index (χ0) is 18.0. The SMILES string of the molecule is CNS(=O)(=O)c1ccc(NC=C2C(=O)Nc3cccc(CO)c32)cc1. The molecular formula is C17H17N3O4S. The fourth-order valence-electron chi connectivity index (χ4n) is 2.60. The standard InChI is InChI=1S/C17H17N3O4S/c1-18-25(23,24)13-7-5-12(6-8-13)19-9-14-16-11(10-21)3-2-4-15(16)20-17(14)22/h2-9,18-19,21H,10H2,1H3,(H,20,22). The van der Waals surface area contributed by atoms with Gasteiger partial charge in [-0.1, -0.05) is 12.1 Å². The number of hydrogen-bond donors (Lipinski definition) is 4. The van der Waals surface area contributed by atoms with Crippen molar-refractivity contribution in [3.8, 4) is 0 Å². The van der Waals surface area contributed by atoms with E-state index in [0.717, 1.165) is 0 Å². The lowest BCUT2D eigenvalue weighted by molar-refractivity contribution is -0.110. The highest BCUT2D eigenvalue weighted by molar-refractivity contribution is 7.89. The van der Waals surface area contributed by atoms with Gasteiger partial charge in [0.1, 0.15) is 0 Å². The van der Waals surface area contributed by atoms with Gasteiger partial charge in [-0.05, 0) is 42.9 Å². The van der Waals surface area contributed by atoms with Crippen molar-refractivity contribution in [2.45, 2.75) is 11.5 Å². The molecule has 0 spiro atoms. The third-order valence-corrected chi connectivity index (χ3v) is 5.33. The van der Waals surface area contributed by atoms with E-state index in [1.165, 1.54) is 19.2 Å². The van der Waals surface area contributed by atoms with Crippen LogP contribution >= 0.6 is 0 Å². The van der Waals surface area contributed by atoms with Gasteiger partial charge in [0, 0.05) is 23.1 Å². The molecule has 1 amide bonds. The molecule has 0 saturated heterocycles. The van der Waals surface area contributed by atoms with Crippen LogP contribution < -0.4 is 15.4 Å². The van der Waals surface area contributed by atoms with Gasteiger partial charge >= 0.3 is 0 Å². The van der Waals surface area contributed by atoms with E-state index in [1.54, 1.807) is 36.5 Å². The number of rotatable bonds is 5. The summed E-state index contributed by atoms with van der Waals surface area (Å²) in [5.41, 5.74) is 3.01. The molecule has 8 heteroatoms. The molecule has 1 aliphatic heterocycles. The van der Waals surface area contributed by atoms with Crippen LogP contribution in [-0.4, -0.2) is 26.5 Å². The number of amides is 1. The van der Waals surface area contributed by atoms with Crippen LogP contribution in [0, 0.1) is 0 Å². The molecule has 130 valence electrons. The quantitative estimate of drug-likeness (QED) is 0.605. The number of anilines is 2. The summed E-state index contributed by atoms with van der Waals surface area (Å²) in [6.45, 7) is -0.175. The van der Waals surface area contributed by atoms with Gasteiger partial charge in [0.15, 0.2) is 0 Å². The van der Waals surface area contributed by atoms with Crippen LogP contribution in [0.3, 0.4) is 0 Å². The minimum Gasteiger partial charge on any atom is -0.392 e. The number of carbonyl (C=O) groups is 1. The lowest BCUT2D eigenvalue weighted by atomic mass is 10.0. The van der Waals surface area contributed by atoms with Crippen molar-refractivity contribution in [2.24, 2.45) is 0 Å². The fourth-order valence-corrected chi connectivity index (χ4v) is 3.33. The number of aliphatic hydroxyl groups is 1. The fraction of sp³-hybridized carbons (Fsp3) is 0.118. The van der Waals surface area contributed by atoms with E-state index in [9.17, 15) is 18.3 Å².